The van der Waals surface area contributed by atoms with Gasteiger partial charge in [0.15, 0.2) is 0 Å². The minimum Gasteiger partial charge on any atom is -0.384 e. The molecule has 2 heteroatoms. The van der Waals surface area contributed by atoms with Crippen molar-refractivity contribution in [2.24, 2.45) is 0 Å². The summed E-state index contributed by atoms with van der Waals surface area (Å²) in [5.41, 5.74) is 2.28. The summed E-state index contributed by atoms with van der Waals surface area (Å²) in [6.07, 6.45) is 3.79. The molecule has 0 heterocycles. The minimum atomic E-state index is -0.0846. The third-order valence-electron chi connectivity index (χ3n) is 3.47. The maximum atomic E-state index is 8.85. The molecule has 0 saturated heterocycles. The van der Waals surface area contributed by atoms with E-state index >= 15 is 0 Å². The van der Waals surface area contributed by atoms with Gasteiger partial charge in [0.2, 0.25) is 0 Å². The first kappa shape index (κ1) is 16.8. The van der Waals surface area contributed by atoms with Gasteiger partial charge in [0.25, 0.3) is 0 Å². The van der Waals surface area contributed by atoms with Crippen LogP contribution in [0, 0.1) is 11.8 Å². The van der Waals surface area contributed by atoms with E-state index in [1.807, 2.05) is 12.1 Å². The molecule has 0 fully saturated rings. The van der Waals surface area contributed by atoms with E-state index in [0.717, 1.165) is 18.7 Å². The highest BCUT2D eigenvalue weighted by atomic mass is 16.2. The highest BCUT2D eigenvalue weighted by Gasteiger charge is 2.11. The number of aliphatic hydroxyl groups is 1. The van der Waals surface area contributed by atoms with Crippen LogP contribution in [0.1, 0.15) is 51.2 Å². The van der Waals surface area contributed by atoms with E-state index in [1.165, 1.54) is 24.8 Å². The van der Waals surface area contributed by atoms with Crippen LogP contribution in [0.5, 0.6) is 0 Å². The van der Waals surface area contributed by atoms with Gasteiger partial charge < -0.3 is 5.11 Å². The SMILES string of the molecule is CCCCCN(Cc1ccccc1C#CCO)C(C)C. The summed E-state index contributed by atoms with van der Waals surface area (Å²) in [5.74, 6) is 5.79. The summed E-state index contributed by atoms with van der Waals surface area (Å²) in [5, 5.41) is 8.85. The van der Waals surface area contributed by atoms with Crippen molar-refractivity contribution in [3.8, 4) is 11.8 Å². The van der Waals surface area contributed by atoms with Gasteiger partial charge >= 0.3 is 0 Å². The fourth-order valence-corrected chi connectivity index (χ4v) is 2.22. The number of benzene rings is 1. The van der Waals surface area contributed by atoms with E-state index in [2.05, 4.69) is 49.6 Å². The Labute approximate surface area is 123 Å². The number of hydrogen-bond donors (Lipinski definition) is 1. The Bertz CT molecular complexity index is 442. The minimum absolute atomic E-state index is 0.0846. The summed E-state index contributed by atoms with van der Waals surface area (Å²) in [4.78, 5) is 2.50. The smallest absolute Gasteiger partial charge is 0.104 e. The Balaban J connectivity index is 2.77. The van der Waals surface area contributed by atoms with Gasteiger partial charge in [-0.1, -0.05) is 49.8 Å². The van der Waals surface area contributed by atoms with E-state index in [9.17, 15) is 0 Å². The molecule has 1 N–H and O–H groups in total. The van der Waals surface area contributed by atoms with Crippen molar-refractivity contribution in [1.29, 1.82) is 0 Å². The molecule has 20 heavy (non-hydrogen) atoms. The van der Waals surface area contributed by atoms with Gasteiger partial charge in [0, 0.05) is 18.2 Å². The van der Waals surface area contributed by atoms with Gasteiger partial charge in [-0.15, -0.1) is 0 Å². The molecular weight excluding hydrogens is 246 g/mol. The first-order valence-electron chi connectivity index (χ1n) is 7.60. The van der Waals surface area contributed by atoms with Crippen LogP contribution in [0.2, 0.25) is 0 Å². The number of nitrogens with zero attached hydrogens (tertiary/aromatic N) is 1. The molecule has 0 aromatic heterocycles. The maximum absolute atomic E-state index is 8.85. The zero-order valence-electron chi connectivity index (χ0n) is 13.0. The van der Waals surface area contributed by atoms with Crippen LogP contribution in [0.3, 0.4) is 0 Å². The van der Waals surface area contributed by atoms with Crippen molar-refractivity contribution in [1.82, 2.24) is 4.90 Å². The Morgan fingerprint density at radius 3 is 2.60 bits per heavy atom. The molecule has 0 aliphatic carbocycles. The van der Waals surface area contributed by atoms with Gasteiger partial charge in [-0.25, -0.2) is 0 Å². The van der Waals surface area contributed by atoms with Crippen molar-refractivity contribution >= 4 is 0 Å². The van der Waals surface area contributed by atoms with Gasteiger partial charge in [0.05, 0.1) is 0 Å². The molecule has 0 unspecified atom stereocenters. The fraction of sp³-hybridized carbons (Fsp3) is 0.556. The number of hydrogen-bond acceptors (Lipinski definition) is 2. The van der Waals surface area contributed by atoms with E-state index in [1.54, 1.807) is 0 Å². The van der Waals surface area contributed by atoms with E-state index in [0.29, 0.717) is 6.04 Å². The molecule has 0 spiro atoms. The van der Waals surface area contributed by atoms with E-state index in [4.69, 9.17) is 5.11 Å². The third kappa shape index (κ3) is 5.77. The molecule has 1 aromatic rings. The highest BCUT2D eigenvalue weighted by Crippen LogP contribution is 2.14. The lowest BCUT2D eigenvalue weighted by Gasteiger charge is -2.27. The van der Waals surface area contributed by atoms with Gasteiger partial charge in [-0.3, -0.25) is 4.90 Å². The third-order valence-corrected chi connectivity index (χ3v) is 3.47. The van der Waals surface area contributed by atoms with Gasteiger partial charge in [-0.2, -0.15) is 0 Å². The molecule has 0 saturated carbocycles. The lowest BCUT2D eigenvalue weighted by atomic mass is 10.1. The van der Waals surface area contributed by atoms with Crippen molar-refractivity contribution in [2.75, 3.05) is 13.2 Å². The second kappa shape index (κ2) is 9.58. The molecule has 0 bridgehead atoms. The average Bonchev–Trinajstić information content (AvgIpc) is 2.45. The topological polar surface area (TPSA) is 23.5 Å². The number of unbranched alkanes of at least 4 members (excludes halogenated alkanes) is 2. The molecule has 0 amide bonds. The Morgan fingerprint density at radius 1 is 1.20 bits per heavy atom. The van der Waals surface area contributed by atoms with Crippen LogP contribution in [0.4, 0.5) is 0 Å². The number of aliphatic hydroxyl groups excluding tert-OH is 1. The second-order valence-electron chi connectivity index (χ2n) is 5.39. The van der Waals surface area contributed by atoms with Crippen molar-refractivity contribution in [3.63, 3.8) is 0 Å². The van der Waals surface area contributed by atoms with Gasteiger partial charge in [0.1, 0.15) is 6.61 Å². The summed E-state index contributed by atoms with van der Waals surface area (Å²) >= 11 is 0. The molecule has 1 aromatic carbocycles. The molecule has 0 aliphatic rings. The van der Waals surface area contributed by atoms with E-state index in [-0.39, 0.29) is 6.61 Å². The zero-order valence-corrected chi connectivity index (χ0v) is 13.0. The summed E-state index contributed by atoms with van der Waals surface area (Å²) in [6.45, 7) is 8.70. The van der Waals surface area contributed by atoms with Crippen LogP contribution in [0.25, 0.3) is 0 Å². The standard InChI is InChI=1S/C18H27NO/c1-4-5-8-13-19(16(2)3)15-18-11-7-6-10-17(18)12-9-14-20/h6-7,10-11,16,20H,4-5,8,13-15H2,1-3H3. The lowest BCUT2D eigenvalue weighted by molar-refractivity contribution is 0.208. The van der Waals surface area contributed by atoms with E-state index < -0.39 is 0 Å². The van der Waals surface area contributed by atoms with Crippen molar-refractivity contribution < 1.29 is 5.11 Å². The predicted molar refractivity (Wildman–Crippen MR) is 85.5 cm³/mol. The molecule has 110 valence electrons. The van der Waals surface area contributed by atoms with Crippen LogP contribution >= 0.6 is 0 Å². The first-order valence-corrected chi connectivity index (χ1v) is 7.60. The lowest BCUT2D eigenvalue weighted by Crippen LogP contribution is -2.31. The molecule has 0 aliphatic heterocycles. The second-order valence-corrected chi connectivity index (χ2v) is 5.39. The normalized spacial score (nSPS) is 10.7. The summed E-state index contributed by atoms with van der Waals surface area (Å²) in [7, 11) is 0. The molecular formula is C18H27NO. The Morgan fingerprint density at radius 2 is 1.95 bits per heavy atom. The fourth-order valence-electron chi connectivity index (χ4n) is 2.22. The largest absolute Gasteiger partial charge is 0.384 e. The molecule has 2 nitrogen and oxygen atoms in total. The van der Waals surface area contributed by atoms with Crippen molar-refractivity contribution in [3.05, 3.63) is 35.4 Å². The summed E-state index contributed by atoms with van der Waals surface area (Å²) < 4.78 is 0. The maximum Gasteiger partial charge on any atom is 0.104 e. The quantitative estimate of drug-likeness (QED) is 0.608. The molecule has 1 rings (SSSR count). The highest BCUT2D eigenvalue weighted by molar-refractivity contribution is 5.41. The van der Waals surface area contributed by atoms with Crippen LogP contribution in [0.15, 0.2) is 24.3 Å². The molecule has 0 radical (unpaired) electrons. The zero-order chi connectivity index (χ0) is 14.8. The molecule has 0 atom stereocenters. The van der Waals surface area contributed by atoms with Crippen LogP contribution in [-0.2, 0) is 6.54 Å². The first-order chi connectivity index (χ1) is 9.69. The predicted octanol–water partition coefficient (Wildman–Crippen LogP) is 3.43. The van der Waals surface area contributed by atoms with Gasteiger partial charge in [-0.05, 0) is 38.4 Å². The van der Waals surface area contributed by atoms with Crippen molar-refractivity contribution in [2.45, 2.75) is 52.6 Å². The Kier molecular flexibility index (Phi) is 8.02. The monoisotopic (exact) mass is 273 g/mol. The van der Waals surface area contributed by atoms with Crippen LogP contribution in [-0.4, -0.2) is 29.2 Å². The summed E-state index contributed by atoms with van der Waals surface area (Å²) in [6, 6.07) is 8.76. The van der Waals surface area contributed by atoms with Crippen LogP contribution < -0.4 is 0 Å². The average molecular weight is 273 g/mol. The Hall–Kier alpha value is -1.30. The number of rotatable bonds is 7.